The fourth-order valence-corrected chi connectivity index (χ4v) is 6.68. The van der Waals surface area contributed by atoms with Crippen molar-refractivity contribution in [3.8, 4) is 23.0 Å². The van der Waals surface area contributed by atoms with Crippen LogP contribution in [0.4, 0.5) is 0 Å². The van der Waals surface area contributed by atoms with Gasteiger partial charge in [0.05, 0.1) is 0 Å². The first-order valence-corrected chi connectivity index (χ1v) is 26.7. The zero-order valence-corrected chi connectivity index (χ0v) is 48.5. The Labute approximate surface area is 478 Å². The van der Waals surface area contributed by atoms with Gasteiger partial charge in [-0.3, -0.25) is 20.0 Å². The Balaban J connectivity index is 0. The molecule has 0 heterocycles. The molecule has 0 fully saturated rings. The van der Waals surface area contributed by atoms with Gasteiger partial charge in [0, 0.05) is 95.1 Å². The van der Waals surface area contributed by atoms with Crippen molar-refractivity contribution in [2.75, 3.05) is 78.5 Å². The van der Waals surface area contributed by atoms with Gasteiger partial charge in [0.1, 0.15) is 0 Å². The molecule has 4 rings (SSSR count). The molecule has 4 N–H and O–H groups in total. The Morgan fingerprint density at radius 1 is 0.347 bits per heavy atom. The zero-order chi connectivity index (χ0) is 52.2. The monoisotopic (exact) mass is 1380 g/mol. The number of halogens is 6. The second-order valence-corrected chi connectivity index (χ2v) is 19.2. The molecule has 20 nitrogen and oxygen atoms in total. The van der Waals surface area contributed by atoms with Crippen molar-refractivity contribution in [2.45, 2.75) is 25.7 Å². The summed E-state index contributed by atoms with van der Waals surface area (Å²) in [6, 6.07) is 20.2. The van der Waals surface area contributed by atoms with Gasteiger partial charge in [0.15, 0.2) is 0 Å². The van der Waals surface area contributed by atoms with E-state index in [0.717, 1.165) is 95.9 Å². The predicted molar refractivity (Wildman–Crippen MR) is 254 cm³/mol. The summed E-state index contributed by atoms with van der Waals surface area (Å²) < 4.78 is 71.5. The maximum atomic E-state index is 11.7. The van der Waals surface area contributed by atoms with Gasteiger partial charge in [-0.2, -0.15) is 0 Å². The van der Waals surface area contributed by atoms with E-state index < -0.39 is 20.5 Å². The molecule has 396 valence electrons. The van der Waals surface area contributed by atoms with Crippen molar-refractivity contribution < 1.29 is 112 Å². The second-order valence-electron chi connectivity index (χ2n) is 14.0. The number of aliphatic imine (C=N–C) groups is 4. The molecule has 0 aliphatic heterocycles. The molecule has 0 bridgehead atoms. The maximum Gasteiger partial charge on any atom is 3.00 e. The molecule has 0 saturated carbocycles. The molecule has 4 aromatic rings. The van der Waals surface area contributed by atoms with E-state index in [1.807, 2.05) is 0 Å². The van der Waals surface area contributed by atoms with Crippen molar-refractivity contribution in [3.05, 3.63) is 113 Å². The average molecular weight is 1390 g/mol. The SMILES string of the molecule is [Mn+3].[Mn+3].[O-][Cl+3]([O-])([O-])[O-].[O-][Cl+3]([O-])([O-])[O-].[O-]c1ccc(Br)cc1C=NCCCNCCNCCCN=Cc1cc(Br)ccc1[O-].[O-]c1ccc(Br)cc1C=NCCCNCCNCCCN=Cc1cc(Br)ccc1[O-]. The van der Waals surface area contributed by atoms with E-state index >= 15 is 0 Å². The summed E-state index contributed by atoms with van der Waals surface area (Å²) in [5, 5.41) is 60.1. The quantitative estimate of drug-likeness (QED) is 0.0266. The Morgan fingerprint density at radius 2 is 0.528 bits per heavy atom. The first kappa shape index (κ1) is 71.9. The number of nitrogens with one attached hydrogen (secondary N) is 4. The molecule has 0 aromatic heterocycles. The smallest absolute Gasteiger partial charge is 0.872 e. The van der Waals surface area contributed by atoms with Crippen molar-refractivity contribution in [2.24, 2.45) is 20.0 Å². The van der Waals surface area contributed by atoms with Gasteiger partial charge in [-0.25, -0.2) is 37.3 Å². The average Bonchev–Trinajstić information content (AvgIpc) is 3.27. The van der Waals surface area contributed by atoms with Crippen LogP contribution >= 0.6 is 63.7 Å². The number of hydrogen-bond donors (Lipinski definition) is 4. The molecule has 0 aliphatic rings. The van der Waals surface area contributed by atoms with E-state index in [1.54, 1.807) is 73.4 Å². The maximum absolute atomic E-state index is 11.7. The van der Waals surface area contributed by atoms with Crippen LogP contribution in [0.15, 0.2) is 111 Å². The Morgan fingerprint density at radius 3 is 0.708 bits per heavy atom. The minimum Gasteiger partial charge on any atom is -0.872 e. The van der Waals surface area contributed by atoms with Gasteiger partial charge in [-0.1, -0.05) is 111 Å². The van der Waals surface area contributed by atoms with Crippen molar-refractivity contribution in [3.63, 3.8) is 0 Å². The van der Waals surface area contributed by atoms with Gasteiger partial charge in [-0.15, -0.1) is 20.5 Å². The Kier molecular flexibility index (Phi) is 42.9. The van der Waals surface area contributed by atoms with Crippen LogP contribution in [-0.2, 0) is 34.1 Å². The van der Waals surface area contributed by atoms with E-state index in [1.165, 1.54) is 24.3 Å². The first-order chi connectivity index (χ1) is 33.1. The molecule has 72 heavy (non-hydrogen) atoms. The number of hydrogen-bond acceptors (Lipinski definition) is 20. The third-order valence-electron chi connectivity index (χ3n) is 8.33. The summed E-state index contributed by atoms with van der Waals surface area (Å²) in [6.45, 7) is 9.85. The van der Waals surface area contributed by atoms with Gasteiger partial charge >= 0.3 is 34.1 Å². The third-order valence-corrected chi connectivity index (χ3v) is 10.3. The van der Waals surface area contributed by atoms with E-state index in [0.29, 0.717) is 48.4 Å². The minimum atomic E-state index is -4.94. The topological polar surface area (TPSA) is 374 Å². The van der Waals surface area contributed by atoms with E-state index in [2.05, 4.69) is 105 Å². The molecule has 28 heteroatoms. The molecule has 0 atom stereocenters. The molecule has 4 aromatic carbocycles. The van der Waals surface area contributed by atoms with Crippen LogP contribution in [0.2, 0.25) is 0 Å². The van der Waals surface area contributed by atoms with Crippen molar-refractivity contribution in [1.82, 2.24) is 21.3 Å². The summed E-state index contributed by atoms with van der Waals surface area (Å²) in [6.07, 6.45) is 10.3. The summed E-state index contributed by atoms with van der Waals surface area (Å²) in [4.78, 5) is 17.3. The Hall–Kier alpha value is -2.18. The summed E-state index contributed by atoms with van der Waals surface area (Å²) in [5.74, 6) is -0.0551. The fourth-order valence-electron chi connectivity index (χ4n) is 5.17. The minimum absolute atomic E-state index is 0. The van der Waals surface area contributed by atoms with E-state index in [4.69, 9.17) is 37.3 Å². The fraction of sp³-hybridized carbons (Fsp3) is 0.364. The number of benzene rings is 4. The number of nitrogens with zero attached hydrogens (tertiary/aromatic N) is 4. The molecule has 0 radical (unpaired) electrons. The largest absolute Gasteiger partial charge is 3.00 e. The van der Waals surface area contributed by atoms with Crippen LogP contribution in [-0.4, -0.2) is 103 Å². The zero-order valence-electron chi connectivity index (χ0n) is 38.3. The normalized spacial score (nSPS) is 11.4. The Bertz CT molecular complexity index is 1900. The number of rotatable bonds is 26. The summed E-state index contributed by atoms with van der Waals surface area (Å²) in [7, 11) is -9.89. The van der Waals surface area contributed by atoms with Gasteiger partial charge in [0.25, 0.3) is 0 Å². The molecule has 0 aliphatic carbocycles. The standard InChI is InChI=1S/2C22H28Br2N4O2.2ClHO4.2Mn/c2*23-19-3-5-21(29)17(13-19)15-27-9-1-7-25-11-12-26-8-2-10-28-16-18-14-20(24)4-6-22(18)30;2*2-1(3,4)5;;/h2*3-6,13-16,25-26,29-30H,1-2,7-12H2;2*(H,2,3,4,5);;/q;;;;2*+3/p-6. The van der Waals surface area contributed by atoms with E-state index in [9.17, 15) is 20.4 Å². The van der Waals surface area contributed by atoms with Crippen LogP contribution in [0.5, 0.6) is 23.0 Å². The molecule has 0 unspecified atom stereocenters. The molecular weight excluding hydrogens is 1330 g/mol. The van der Waals surface area contributed by atoms with Crippen LogP contribution < -0.4 is 79.0 Å². The van der Waals surface area contributed by atoms with E-state index in [-0.39, 0.29) is 57.1 Å². The van der Waals surface area contributed by atoms with Gasteiger partial charge in [0.2, 0.25) is 0 Å². The van der Waals surface area contributed by atoms with Gasteiger partial charge in [-0.05, 0) is 123 Å². The first-order valence-electron chi connectivity index (χ1n) is 21.0. The summed E-state index contributed by atoms with van der Waals surface area (Å²) >= 11 is 13.4. The third kappa shape index (κ3) is 43.1. The van der Waals surface area contributed by atoms with Gasteiger partial charge < -0.3 is 41.7 Å². The van der Waals surface area contributed by atoms with Crippen LogP contribution in [0.1, 0.15) is 47.9 Å². The van der Waals surface area contributed by atoms with Crippen molar-refractivity contribution >= 4 is 88.6 Å². The predicted octanol–water partition coefficient (Wildman–Crippen LogP) is -3.80. The molecule has 0 saturated heterocycles. The van der Waals surface area contributed by atoms with Crippen molar-refractivity contribution in [1.29, 1.82) is 0 Å². The van der Waals surface area contributed by atoms with Crippen LogP contribution in [0, 0.1) is 20.5 Å². The van der Waals surface area contributed by atoms with Crippen LogP contribution in [0.3, 0.4) is 0 Å². The molecule has 0 spiro atoms. The molecular formula is C44H52Br4Cl2Mn2N8O12. The summed E-state index contributed by atoms with van der Waals surface area (Å²) in [5.41, 5.74) is 2.43. The van der Waals surface area contributed by atoms with Crippen LogP contribution in [0.25, 0.3) is 0 Å². The second kappa shape index (κ2) is 43.0. The molecule has 0 amide bonds.